The van der Waals surface area contributed by atoms with E-state index in [1.807, 2.05) is 0 Å². The monoisotopic (exact) mass is 959 g/mol. The van der Waals surface area contributed by atoms with E-state index in [-0.39, 0.29) is 13.2 Å². The predicted molar refractivity (Wildman–Crippen MR) is 268 cm³/mol. The smallest absolute Gasteiger partial charge is 0.395 e. The highest BCUT2D eigenvalue weighted by atomic mass is 31.3. The second kappa shape index (κ2) is 45.5. The van der Waals surface area contributed by atoms with Crippen LogP contribution < -0.4 is 0 Å². The van der Waals surface area contributed by atoms with Gasteiger partial charge in [0.05, 0.1) is 30.3 Å². The highest BCUT2D eigenvalue weighted by molar-refractivity contribution is 7.60. The summed E-state index contributed by atoms with van der Waals surface area (Å²) in [6, 6.07) is 0. The maximum atomic E-state index is 12.3. The van der Waals surface area contributed by atoms with Crippen LogP contribution in [0, 0.1) is 5.41 Å². The largest absolute Gasteiger partial charge is 0.478 e. The van der Waals surface area contributed by atoms with Gasteiger partial charge >= 0.3 is 15.6 Å². The van der Waals surface area contributed by atoms with Crippen LogP contribution in [-0.4, -0.2) is 64.9 Å². The number of rotatable bonds is 49. The van der Waals surface area contributed by atoms with Gasteiger partial charge in [0.2, 0.25) is 0 Å². The molecule has 8 N–H and O–H groups in total. The zero-order chi connectivity index (χ0) is 48.1. The Labute approximate surface area is 395 Å². The second-order valence-electron chi connectivity index (χ2n) is 19.5. The number of hydrogen-bond acceptors (Lipinski definition) is 7. The molecule has 0 aliphatic heterocycles. The van der Waals surface area contributed by atoms with Crippen LogP contribution in [0.3, 0.4) is 0 Å². The van der Waals surface area contributed by atoms with Crippen molar-refractivity contribution in [1.29, 1.82) is 0 Å². The fourth-order valence-corrected chi connectivity index (χ4v) is 10.4. The molecule has 0 aliphatic rings. The lowest BCUT2D eigenvalue weighted by molar-refractivity contribution is -0.193. The van der Waals surface area contributed by atoms with Gasteiger partial charge in [-0.05, 0) is 19.3 Å². The van der Waals surface area contributed by atoms with Crippen LogP contribution in [0.25, 0.3) is 0 Å². The van der Waals surface area contributed by atoms with Crippen molar-refractivity contribution in [2.24, 2.45) is 5.41 Å². The van der Waals surface area contributed by atoms with Gasteiger partial charge < -0.3 is 40.0 Å². The third-order valence-corrected chi connectivity index (χ3v) is 15.3. The van der Waals surface area contributed by atoms with Crippen LogP contribution >= 0.6 is 15.6 Å². The summed E-state index contributed by atoms with van der Waals surface area (Å²) in [6.07, 6.45) is 52.2. The minimum absolute atomic E-state index is 0.365. The van der Waals surface area contributed by atoms with Crippen molar-refractivity contribution in [3.05, 3.63) is 0 Å². The van der Waals surface area contributed by atoms with Gasteiger partial charge in [-0.3, -0.25) is 0 Å². The third-order valence-electron chi connectivity index (χ3n) is 13.6. The molecule has 0 aromatic rings. The SMILES string of the molecule is CCCCCCCCCCCCCCCCCCC(O)C(CO)(CO)C(O)(CCCCCCCCCC)CCCCCCCCCCCCCCCCCC.O=P(O)(O)OP(=O)(O)O. The maximum absolute atomic E-state index is 12.3. The second-order valence-corrected chi connectivity index (χ2v) is 22.1. The van der Waals surface area contributed by atoms with Crippen LogP contribution in [0.5, 0.6) is 0 Å². The molecule has 0 amide bonds. The van der Waals surface area contributed by atoms with Crippen LogP contribution in [0.15, 0.2) is 0 Å². The van der Waals surface area contributed by atoms with E-state index >= 15 is 0 Å². The molecule has 0 aromatic heterocycles. The molecule has 0 aromatic carbocycles. The Morgan fingerprint density at radius 2 is 0.578 bits per heavy atom. The molecule has 64 heavy (non-hydrogen) atoms. The van der Waals surface area contributed by atoms with Gasteiger partial charge in [0.15, 0.2) is 0 Å². The van der Waals surface area contributed by atoms with Crippen LogP contribution in [0.4, 0.5) is 0 Å². The van der Waals surface area contributed by atoms with Gasteiger partial charge in [0.25, 0.3) is 0 Å². The first-order valence-electron chi connectivity index (χ1n) is 27.1. The number of phosphoric acid groups is 2. The van der Waals surface area contributed by atoms with Gasteiger partial charge in [-0.15, -0.1) is 0 Å². The first-order valence-corrected chi connectivity index (χ1v) is 30.2. The summed E-state index contributed by atoms with van der Waals surface area (Å²) < 4.78 is 22.2. The first kappa shape index (κ1) is 66.2. The van der Waals surface area contributed by atoms with E-state index in [9.17, 15) is 29.6 Å². The normalized spacial score (nSPS) is 13.8. The number of aliphatic hydroxyl groups excluding tert-OH is 3. The van der Waals surface area contributed by atoms with Crippen molar-refractivity contribution < 1.29 is 53.4 Å². The van der Waals surface area contributed by atoms with Gasteiger partial charge in [0, 0.05) is 0 Å². The Bertz CT molecular complexity index is 1030. The molecule has 0 bridgehead atoms. The van der Waals surface area contributed by atoms with Crippen LogP contribution in [0.2, 0.25) is 0 Å². The quantitative estimate of drug-likeness (QED) is 0.0213. The lowest BCUT2D eigenvalue weighted by Crippen LogP contribution is -2.59. The molecule has 0 saturated heterocycles. The highest BCUT2D eigenvalue weighted by Crippen LogP contribution is 2.54. The van der Waals surface area contributed by atoms with Crippen LogP contribution in [0.1, 0.15) is 297 Å². The van der Waals surface area contributed by atoms with Crippen molar-refractivity contribution in [1.82, 2.24) is 0 Å². The Morgan fingerprint density at radius 3 is 0.766 bits per heavy atom. The first-order chi connectivity index (χ1) is 30.7. The number of aliphatic hydroxyl groups is 4. The van der Waals surface area contributed by atoms with E-state index in [2.05, 4.69) is 25.1 Å². The van der Waals surface area contributed by atoms with Crippen LogP contribution in [-0.2, 0) is 13.4 Å². The molecule has 13 heteroatoms. The molecule has 0 saturated carbocycles. The molecule has 0 spiro atoms. The number of unbranched alkanes of at least 4 members (excludes halogenated alkanes) is 37. The maximum Gasteiger partial charge on any atom is 0.478 e. The Morgan fingerprint density at radius 1 is 0.375 bits per heavy atom. The summed E-state index contributed by atoms with van der Waals surface area (Å²) in [4.78, 5) is 31.0. The summed E-state index contributed by atoms with van der Waals surface area (Å²) >= 11 is 0. The summed E-state index contributed by atoms with van der Waals surface area (Å²) in [6.45, 7) is 6.10. The fraction of sp³-hybridized carbons (Fsp3) is 1.00. The molecule has 0 heterocycles. The minimum Gasteiger partial charge on any atom is -0.395 e. The predicted octanol–water partition coefficient (Wildman–Crippen LogP) is 15.1. The van der Waals surface area contributed by atoms with E-state index < -0.39 is 32.8 Å². The zero-order valence-corrected chi connectivity index (χ0v) is 43.9. The van der Waals surface area contributed by atoms with Crippen molar-refractivity contribution in [2.45, 2.75) is 309 Å². The van der Waals surface area contributed by atoms with Gasteiger partial charge in [-0.2, -0.15) is 4.31 Å². The van der Waals surface area contributed by atoms with Crippen molar-refractivity contribution in [3.8, 4) is 0 Å². The third kappa shape index (κ3) is 41.1. The summed E-state index contributed by atoms with van der Waals surface area (Å²) in [5.41, 5.74) is -2.51. The summed E-state index contributed by atoms with van der Waals surface area (Å²) in [7, 11) is -10.1. The zero-order valence-electron chi connectivity index (χ0n) is 42.1. The number of hydrogen-bond donors (Lipinski definition) is 8. The van der Waals surface area contributed by atoms with E-state index in [1.54, 1.807) is 0 Å². The summed E-state index contributed by atoms with van der Waals surface area (Å²) in [5.74, 6) is 0. The van der Waals surface area contributed by atoms with Gasteiger partial charge in [0.1, 0.15) is 0 Å². The molecular formula is C51H108O11P2. The topological polar surface area (TPSA) is 205 Å². The van der Waals surface area contributed by atoms with Crippen molar-refractivity contribution in [3.63, 3.8) is 0 Å². The van der Waals surface area contributed by atoms with E-state index in [0.29, 0.717) is 19.3 Å². The lowest BCUT2D eigenvalue weighted by Gasteiger charge is -2.48. The van der Waals surface area contributed by atoms with Crippen molar-refractivity contribution >= 4 is 15.6 Å². The van der Waals surface area contributed by atoms with E-state index in [1.165, 1.54) is 218 Å². The molecule has 2 atom stereocenters. The Balaban J connectivity index is 0. The molecule has 0 aliphatic carbocycles. The van der Waals surface area contributed by atoms with E-state index in [4.69, 9.17) is 19.6 Å². The lowest BCUT2D eigenvalue weighted by atomic mass is 9.63. The molecule has 0 rings (SSSR count). The van der Waals surface area contributed by atoms with E-state index in [0.717, 1.165) is 38.5 Å². The minimum atomic E-state index is -5.05. The average molecular weight is 959 g/mol. The molecule has 2 unspecified atom stereocenters. The van der Waals surface area contributed by atoms with Gasteiger partial charge in [-0.25, -0.2) is 9.13 Å². The highest BCUT2D eigenvalue weighted by Gasteiger charge is 2.53. The Hall–Kier alpha value is 0.100. The van der Waals surface area contributed by atoms with Crippen molar-refractivity contribution in [2.75, 3.05) is 13.2 Å². The Kier molecular flexibility index (Phi) is 47.1. The molecule has 388 valence electrons. The summed E-state index contributed by atoms with van der Waals surface area (Å²) in [5, 5.41) is 45.5. The van der Waals surface area contributed by atoms with Gasteiger partial charge in [-0.1, -0.05) is 278 Å². The average Bonchev–Trinajstić information content (AvgIpc) is 3.24. The molecule has 0 fully saturated rings. The standard InChI is InChI=1S/C51H104O4.H4O7P2/c1-4-7-10-13-16-19-21-23-25-27-29-31-33-35-38-41-44-49(54)50(47-52,48-53)51(55,45-42-39-36-18-15-12-9-6-3)46-43-40-37-34-32-30-28-26-24-22-20-17-14-11-8-5-2;1-8(2,3)7-9(4,5)6/h49,52-55H,4-48H2,1-3H3;(H2,1,2,3)(H2,4,5,6). The molecule has 0 radical (unpaired) electrons. The molecular weight excluding hydrogens is 850 g/mol. The fourth-order valence-electron chi connectivity index (χ4n) is 9.31. The molecule has 11 nitrogen and oxygen atoms in total.